The molecular formula is C26H25F4N3O3S. The highest BCUT2D eigenvalue weighted by Gasteiger charge is 2.41. The highest BCUT2D eigenvalue weighted by Crippen LogP contribution is 2.37. The van der Waals surface area contributed by atoms with Crippen LogP contribution < -0.4 is 5.32 Å². The molecule has 196 valence electrons. The van der Waals surface area contributed by atoms with Gasteiger partial charge in [0.1, 0.15) is 17.7 Å². The molecule has 0 bridgehead atoms. The summed E-state index contributed by atoms with van der Waals surface area (Å²) in [6.45, 7) is 0.740. The van der Waals surface area contributed by atoms with Crippen molar-refractivity contribution >= 4 is 29.5 Å². The fraction of sp³-hybridized carbons (Fsp3) is 0.423. The summed E-state index contributed by atoms with van der Waals surface area (Å²) in [6, 6.07) is 6.76. The lowest BCUT2D eigenvalue weighted by atomic mass is 10.0. The van der Waals surface area contributed by atoms with Crippen molar-refractivity contribution in [3.8, 4) is 0 Å². The average Bonchev–Trinajstić information content (AvgIpc) is 3.19. The van der Waals surface area contributed by atoms with Crippen molar-refractivity contribution in [2.75, 3.05) is 13.1 Å². The summed E-state index contributed by atoms with van der Waals surface area (Å²) < 4.78 is 56.1. The second kappa shape index (κ2) is 10.1. The minimum absolute atomic E-state index is 0.0444. The maximum Gasteiger partial charge on any atom is 0.258 e. The second-order valence-electron chi connectivity index (χ2n) is 9.65. The number of amides is 3. The number of halogens is 4. The Morgan fingerprint density at radius 1 is 1.03 bits per heavy atom. The Balaban J connectivity index is 1.26. The third-order valence-electron chi connectivity index (χ3n) is 7.10. The molecule has 2 aromatic rings. The molecular weight excluding hydrogens is 510 g/mol. The first-order valence-corrected chi connectivity index (χ1v) is 13.1. The molecule has 1 N–H and O–H groups in total. The number of alkyl halides is 2. The van der Waals surface area contributed by atoms with Gasteiger partial charge in [-0.1, -0.05) is 12.1 Å². The quantitative estimate of drug-likeness (QED) is 0.340. The molecule has 0 radical (unpaired) electrons. The minimum atomic E-state index is -2.65. The molecule has 0 saturated carbocycles. The number of benzene rings is 2. The molecule has 3 aliphatic heterocycles. The lowest BCUT2D eigenvalue weighted by Gasteiger charge is -2.31. The van der Waals surface area contributed by atoms with Crippen LogP contribution in [0.4, 0.5) is 17.6 Å². The number of nitrogens with one attached hydrogen (secondary N) is 1. The van der Waals surface area contributed by atoms with Gasteiger partial charge in [-0.2, -0.15) is 0 Å². The molecule has 2 aromatic carbocycles. The van der Waals surface area contributed by atoms with Crippen molar-refractivity contribution in [2.24, 2.45) is 0 Å². The van der Waals surface area contributed by atoms with Crippen LogP contribution in [0.1, 0.15) is 52.7 Å². The summed E-state index contributed by atoms with van der Waals surface area (Å²) in [5.74, 6) is -4.94. The molecule has 3 amide bonds. The molecule has 37 heavy (non-hydrogen) atoms. The Hall–Kier alpha value is -2.92. The van der Waals surface area contributed by atoms with Crippen molar-refractivity contribution < 1.29 is 31.9 Å². The van der Waals surface area contributed by atoms with Gasteiger partial charge < -0.3 is 4.90 Å². The highest BCUT2D eigenvalue weighted by molar-refractivity contribution is 7.98. The van der Waals surface area contributed by atoms with E-state index < -0.39 is 41.3 Å². The standard InChI is InChI=1S/C26H25F4N3O3S/c27-18-3-5-21(17-13-33(25(36)23(17)18)20-4-6-22(34)31-24(20)35)37-14-15-1-2-16(19(28)11-15)12-32-9-7-26(29,30)8-10-32/h1-3,5,11,20H,4,6-10,12-14H2,(H,31,34,35). The van der Waals surface area contributed by atoms with Crippen LogP contribution in [0.2, 0.25) is 0 Å². The molecule has 2 saturated heterocycles. The number of carbonyl (C=O) groups is 3. The summed E-state index contributed by atoms with van der Waals surface area (Å²) in [4.78, 5) is 40.5. The van der Waals surface area contributed by atoms with Crippen LogP contribution in [0, 0.1) is 11.6 Å². The molecule has 0 aliphatic carbocycles. The lowest BCUT2D eigenvalue weighted by Crippen LogP contribution is -2.52. The molecule has 6 nitrogen and oxygen atoms in total. The van der Waals surface area contributed by atoms with Gasteiger partial charge >= 0.3 is 0 Å². The normalized spacial score (nSPS) is 21.8. The smallest absolute Gasteiger partial charge is 0.258 e. The van der Waals surface area contributed by atoms with E-state index >= 15 is 0 Å². The third kappa shape index (κ3) is 5.38. The van der Waals surface area contributed by atoms with Crippen LogP contribution in [0.3, 0.4) is 0 Å². The maximum atomic E-state index is 14.8. The summed E-state index contributed by atoms with van der Waals surface area (Å²) in [5, 5.41) is 2.23. The predicted octanol–water partition coefficient (Wildman–Crippen LogP) is 4.25. The van der Waals surface area contributed by atoms with Crippen LogP contribution >= 0.6 is 11.8 Å². The van der Waals surface area contributed by atoms with Gasteiger partial charge in [0.25, 0.3) is 11.8 Å². The van der Waals surface area contributed by atoms with Gasteiger partial charge in [0.15, 0.2) is 0 Å². The maximum absolute atomic E-state index is 14.8. The van der Waals surface area contributed by atoms with Gasteiger partial charge in [-0.15, -0.1) is 11.8 Å². The first-order chi connectivity index (χ1) is 17.6. The Morgan fingerprint density at radius 3 is 2.49 bits per heavy atom. The zero-order chi connectivity index (χ0) is 26.3. The zero-order valence-corrected chi connectivity index (χ0v) is 20.7. The molecule has 11 heteroatoms. The Morgan fingerprint density at radius 2 is 1.78 bits per heavy atom. The molecule has 3 aliphatic rings. The van der Waals surface area contributed by atoms with E-state index in [4.69, 9.17) is 0 Å². The van der Waals surface area contributed by atoms with Gasteiger partial charge in [-0.25, -0.2) is 17.6 Å². The highest BCUT2D eigenvalue weighted by atomic mass is 32.2. The molecule has 2 fully saturated rings. The van der Waals surface area contributed by atoms with Crippen molar-refractivity contribution in [1.82, 2.24) is 15.1 Å². The number of likely N-dealkylation sites (tertiary alicyclic amines) is 1. The molecule has 0 aromatic heterocycles. The lowest BCUT2D eigenvalue weighted by molar-refractivity contribution is -0.136. The summed E-state index contributed by atoms with van der Waals surface area (Å²) in [7, 11) is 0. The first kappa shape index (κ1) is 25.7. The van der Waals surface area contributed by atoms with Gasteiger partial charge in [0, 0.05) is 67.2 Å². The van der Waals surface area contributed by atoms with E-state index in [-0.39, 0.29) is 57.4 Å². The predicted molar refractivity (Wildman–Crippen MR) is 128 cm³/mol. The molecule has 1 atom stereocenters. The van der Waals surface area contributed by atoms with Gasteiger partial charge in [-0.3, -0.25) is 24.6 Å². The number of thioether (sulfide) groups is 1. The van der Waals surface area contributed by atoms with E-state index in [9.17, 15) is 31.9 Å². The number of carbonyl (C=O) groups excluding carboxylic acids is 3. The van der Waals surface area contributed by atoms with Crippen LogP contribution in [0.15, 0.2) is 35.2 Å². The first-order valence-electron chi connectivity index (χ1n) is 12.1. The largest absolute Gasteiger partial charge is 0.322 e. The van der Waals surface area contributed by atoms with Gasteiger partial charge in [0.2, 0.25) is 11.8 Å². The van der Waals surface area contributed by atoms with Crippen molar-refractivity contribution in [3.63, 3.8) is 0 Å². The average molecular weight is 536 g/mol. The Kier molecular flexibility index (Phi) is 7.01. The summed E-state index contributed by atoms with van der Waals surface area (Å²) in [5.41, 5.74) is 1.51. The number of imide groups is 1. The van der Waals surface area contributed by atoms with Crippen LogP contribution in [-0.4, -0.2) is 52.6 Å². The molecule has 0 spiro atoms. The number of piperidine rings is 2. The van der Waals surface area contributed by atoms with Gasteiger partial charge in [-0.05, 0) is 30.2 Å². The molecule has 3 heterocycles. The number of hydrogen-bond acceptors (Lipinski definition) is 5. The fourth-order valence-electron chi connectivity index (χ4n) is 4.99. The Labute approximate surface area is 215 Å². The van der Waals surface area contributed by atoms with Gasteiger partial charge in [0.05, 0.1) is 5.56 Å². The fourth-order valence-corrected chi connectivity index (χ4v) is 6.00. The monoisotopic (exact) mass is 535 g/mol. The van der Waals surface area contributed by atoms with E-state index in [1.54, 1.807) is 18.2 Å². The van der Waals surface area contributed by atoms with Crippen molar-refractivity contribution in [1.29, 1.82) is 0 Å². The number of rotatable bonds is 6. The number of hydrogen-bond donors (Lipinski definition) is 1. The van der Waals surface area contributed by atoms with Crippen molar-refractivity contribution in [3.05, 3.63) is 64.2 Å². The topological polar surface area (TPSA) is 69.7 Å². The van der Waals surface area contributed by atoms with E-state index in [0.717, 1.165) is 0 Å². The minimum Gasteiger partial charge on any atom is -0.322 e. The van der Waals surface area contributed by atoms with E-state index in [2.05, 4.69) is 5.32 Å². The van der Waals surface area contributed by atoms with Crippen LogP contribution in [0.5, 0.6) is 0 Å². The number of nitrogens with zero attached hydrogens (tertiary/aromatic N) is 2. The second-order valence-corrected chi connectivity index (χ2v) is 10.7. The number of fused-ring (bicyclic) bond motifs is 1. The summed E-state index contributed by atoms with van der Waals surface area (Å²) >= 11 is 1.33. The Bertz CT molecular complexity index is 1260. The van der Waals surface area contributed by atoms with E-state index in [1.807, 2.05) is 4.90 Å². The van der Waals surface area contributed by atoms with Crippen molar-refractivity contribution in [2.45, 2.75) is 61.4 Å². The molecule has 5 rings (SSSR count). The van der Waals surface area contributed by atoms with E-state index in [0.29, 0.717) is 27.3 Å². The van der Waals surface area contributed by atoms with E-state index in [1.165, 1.54) is 28.8 Å². The van der Waals surface area contributed by atoms with Crippen LogP contribution in [-0.2, 0) is 28.4 Å². The summed E-state index contributed by atoms with van der Waals surface area (Å²) in [6.07, 6.45) is -0.171. The third-order valence-corrected chi connectivity index (χ3v) is 8.27. The SMILES string of the molecule is O=C1CCC(N2Cc3c(SCc4ccc(CN5CCC(F)(F)CC5)c(F)c4)ccc(F)c3C2=O)C(=O)N1. The molecule has 1 unspecified atom stereocenters. The zero-order valence-electron chi connectivity index (χ0n) is 19.9. The van der Waals surface area contributed by atoms with Crippen LogP contribution in [0.25, 0.3) is 0 Å².